The van der Waals surface area contributed by atoms with E-state index in [4.69, 9.17) is 18.6 Å². The lowest BCUT2D eigenvalue weighted by atomic mass is 10.3. The maximum Gasteiger partial charge on any atom is 0.281 e. The number of rotatable bonds is 13. The molecule has 1 unspecified atom stereocenters. The molecule has 0 fully saturated rings. The minimum atomic E-state index is -1.33. The van der Waals surface area contributed by atoms with Gasteiger partial charge < -0.3 is 24.0 Å². The third-order valence-corrected chi connectivity index (χ3v) is 4.87. The van der Waals surface area contributed by atoms with Gasteiger partial charge in [-0.2, -0.15) is 0 Å². The quantitative estimate of drug-likeness (QED) is 0.242. The first kappa shape index (κ1) is 21.3. The van der Waals surface area contributed by atoms with E-state index in [0.717, 1.165) is 12.5 Å². The van der Waals surface area contributed by atoms with Crippen molar-refractivity contribution in [1.82, 2.24) is 5.32 Å². The summed E-state index contributed by atoms with van der Waals surface area (Å²) in [5.41, 5.74) is 0.529. The summed E-state index contributed by atoms with van der Waals surface area (Å²) >= 11 is 0. The zero-order valence-corrected chi connectivity index (χ0v) is 15.7. The molecule has 1 amide bonds. The summed E-state index contributed by atoms with van der Waals surface area (Å²) in [7, 11) is -1.33. The van der Waals surface area contributed by atoms with Crippen molar-refractivity contribution in [3.8, 4) is 0 Å². The summed E-state index contributed by atoms with van der Waals surface area (Å²) in [6.07, 6.45) is 0.889. The fourth-order valence-electron chi connectivity index (χ4n) is 1.73. The molecule has 0 aromatic heterocycles. The molecule has 0 aliphatic rings. The van der Waals surface area contributed by atoms with E-state index in [1.165, 1.54) is 0 Å². The standard InChI is InChI=1S/C15H31NO5Si/c1-7-18-15(5,19-8-2)20-12-21-22(6)11-9-10-16-14(17)13(3)4/h22H,3,7-12H2,1-2,4-6H3,(H,16,17). The van der Waals surface area contributed by atoms with Crippen LogP contribution < -0.4 is 5.32 Å². The van der Waals surface area contributed by atoms with Crippen LogP contribution in [0.25, 0.3) is 0 Å². The van der Waals surface area contributed by atoms with Gasteiger partial charge in [0.1, 0.15) is 6.79 Å². The predicted octanol–water partition coefficient (Wildman–Crippen LogP) is 2.16. The lowest BCUT2D eigenvalue weighted by Crippen LogP contribution is -2.37. The van der Waals surface area contributed by atoms with Gasteiger partial charge in [0.2, 0.25) is 5.91 Å². The monoisotopic (exact) mass is 333 g/mol. The highest BCUT2D eigenvalue weighted by Gasteiger charge is 2.26. The Morgan fingerprint density at radius 3 is 2.32 bits per heavy atom. The van der Waals surface area contributed by atoms with Crippen LogP contribution in [0.2, 0.25) is 12.6 Å². The average Bonchev–Trinajstić information content (AvgIpc) is 2.43. The molecule has 0 aliphatic carbocycles. The molecule has 0 aromatic rings. The molecule has 0 aliphatic heterocycles. The topological polar surface area (TPSA) is 66.0 Å². The van der Waals surface area contributed by atoms with Crippen LogP contribution in [-0.2, 0) is 23.4 Å². The van der Waals surface area contributed by atoms with E-state index in [1.54, 1.807) is 13.8 Å². The summed E-state index contributed by atoms with van der Waals surface area (Å²) in [5, 5.41) is 2.81. The number of carbonyl (C=O) groups is 1. The molecule has 0 radical (unpaired) electrons. The van der Waals surface area contributed by atoms with E-state index >= 15 is 0 Å². The lowest BCUT2D eigenvalue weighted by Gasteiger charge is -2.29. The molecule has 0 saturated heterocycles. The molecule has 0 saturated carbocycles. The van der Waals surface area contributed by atoms with Crippen molar-refractivity contribution in [2.75, 3.05) is 26.6 Å². The molecule has 0 rings (SSSR count). The Bertz CT molecular complexity index is 332. The van der Waals surface area contributed by atoms with E-state index in [1.807, 2.05) is 13.8 Å². The van der Waals surface area contributed by atoms with Gasteiger partial charge in [0.15, 0.2) is 9.04 Å². The zero-order valence-electron chi connectivity index (χ0n) is 14.6. The van der Waals surface area contributed by atoms with E-state index in [0.29, 0.717) is 25.3 Å². The summed E-state index contributed by atoms with van der Waals surface area (Å²) in [6, 6.07) is 0.958. The number of hydrogen-bond acceptors (Lipinski definition) is 5. The average molecular weight is 334 g/mol. The molecule has 0 bridgehead atoms. The second-order valence-corrected chi connectivity index (χ2v) is 7.68. The summed E-state index contributed by atoms with van der Waals surface area (Å²) in [6.45, 7) is 14.7. The number of ether oxygens (including phenoxy) is 3. The Balaban J connectivity index is 3.82. The van der Waals surface area contributed by atoms with E-state index in [2.05, 4.69) is 18.4 Å². The van der Waals surface area contributed by atoms with Crippen LogP contribution in [-0.4, -0.2) is 47.5 Å². The Morgan fingerprint density at radius 1 is 1.23 bits per heavy atom. The number of hydrogen-bond donors (Lipinski definition) is 1. The first-order valence-corrected chi connectivity index (χ1v) is 10.3. The fraction of sp³-hybridized carbons (Fsp3) is 0.800. The van der Waals surface area contributed by atoms with Crippen molar-refractivity contribution in [2.45, 2.75) is 52.7 Å². The van der Waals surface area contributed by atoms with Crippen molar-refractivity contribution in [3.63, 3.8) is 0 Å². The first-order valence-electron chi connectivity index (χ1n) is 7.81. The van der Waals surface area contributed by atoms with Gasteiger partial charge in [-0.15, -0.1) is 0 Å². The van der Waals surface area contributed by atoms with Crippen molar-refractivity contribution >= 4 is 14.9 Å². The Hall–Kier alpha value is -0.733. The summed E-state index contributed by atoms with van der Waals surface area (Å²) in [5.74, 6) is -1.14. The van der Waals surface area contributed by atoms with E-state index < -0.39 is 15.0 Å². The minimum absolute atomic E-state index is 0.0947. The van der Waals surface area contributed by atoms with Gasteiger partial charge in [-0.3, -0.25) is 4.79 Å². The van der Waals surface area contributed by atoms with Gasteiger partial charge in [0.05, 0.1) is 0 Å². The predicted molar refractivity (Wildman–Crippen MR) is 89.0 cm³/mol. The van der Waals surface area contributed by atoms with Gasteiger partial charge in [0, 0.05) is 32.3 Å². The highest BCUT2D eigenvalue weighted by molar-refractivity contribution is 6.50. The Morgan fingerprint density at radius 2 is 1.82 bits per heavy atom. The van der Waals surface area contributed by atoms with Gasteiger partial charge >= 0.3 is 0 Å². The first-order chi connectivity index (χ1) is 10.3. The van der Waals surface area contributed by atoms with Crippen LogP contribution in [0.1, 0.15) is 34.1 Å². The van der Waals surface area contributed by atoms with E-state index in [-0.39, 0.29) is 12.7 Å². The third-order valence-electron chi connectivity index (χ3n) is 2.95. The second kappa shape index (κ2) is 11.8. The lowest BCUT2D eigenvalue weighted by molar-refractivity contribution is -0.380. The zero-order chi connectivity index (χ0) is 17.0. The van der Waals surface area contributed by atoms with Crippen molar-refractivity contribution in [3.05, 3.63) is 12.2 Å². The Kier molecular flexibility index (Phi) is 11.4. The minimum Gasteiger partial charge on any atom is -0.398 e. The van der Waals surface area contributed by atoms with Crippen LogP contribution >= 0.6 is 0 Å². The van der Waals surface area contributed by atoms with Crippen LogP contribution in [0.5, 0.6) is 0 Å². The smallest absolute Gasteiger partial charge is 0.281 e. The second-order valence-electron chi connectivity index (χ2n) is 5.15. The van der Waals surface area contributed by atoms with Crippen LogP contribution in [0.15, 0.2) is 12.2 Å². The maximum absolute atomic E-state index is 11.3. The molecule has 0 aromatic carbocycles. The molecular formula is C15H31NO5Si. The molecule has 0 heterocycles. The molecule has 130 valence electrons. The van der Waals surface area contributed by atoms with Gasteiger partial charge in [-0.1, -0.05) is 6.58 Å². The molecule has 1 N–H and O–H groups in total. The number of nitrogens with one attached hydrogen (secondary N) is 1. The highest BCUT2D eigenvalue weighted by Crippen LogP contribution is 2.14. The number of carbonyl (C=O) groups excluding carboxylic acids is 1. The van der Waals surface area contributed by atoms with Crippen molar-refractivity contribution in [1.29, 1.82) is 0 Å². The SMILES string of the molecule is C=C(C)C(=O)NCCC[SiH](C)OCOC(C)(OCC)OCC. The van der Waals surface area contributed by atoms with Crippen molar-refractivity contribution < 1.29 is 23.4 Å². The fourth-order valence-corrected chi connectivity index (χ4v) is 2.98. The number of amides is 1. The summed E-state index contributed by atoms with van der Waals surface area (Å²) < 4.78 is 22.1. The molecule has 22 heavy (non-hydrogen) atoms. The van der Waals surface area contributed by atoms with Gasteiger partial charge in [0.25, 0.3) is 5.97 Å². The molecule has 6 nitrogen and oxygen atoms in total. The van der Waals surface area contributed by atoms with Crippen LogP contribution in [0.3, 0.4) is 0 Å². The molecule has 7 heteroatoms. The highest BCUT2D eigenvalue weighted by atomic mass is 28.3. The summed E-state index contributed by atoms with van der Waals surface area (Å²) in [4.78, 5) is 11.3. The Labute approximate surface area is 135 Å². The molecular weight excluding hydrogens is 302 g/mol. The third kappa shape index (κ3) is 10.1. The van der Waals surface area contributed by atoms with Gasteiger partial charge in [-0.05, 0) is 39.8 Å². The normalized spacial score (nSPS) is 13.0. The van der Waals surface area contributed by atoms with Crippen LogP contribution in [0, 0.1) is 0 Å². The van der Waals surface area contributed by atoms with Crippen LogP contribution in [0.4, 0.5) is 0 Å². The van der Waals surface area contributed by atoms with Gasteiger partial charge in [-0.25, -0.2) is 0 Å². The molecule has 0 spiro atoms. The largest absolute Gasteiger partial charge is 0.398 e. The molecule has 1 atom stereocenters. The van der Waals surface area contributed by atoms with Crippen molar-refractivity contribution in [2.24, 2.45) is 0 Å². The van der Waals surface area contributed by atoms with E-state index in [9.17, 15) is 4.79 Å². The maximum atomic E-state index is 11.3.